The van der Waals surface area contributed by atoms with Crippen molar-refractivity contribution in [2.75, 3.05) is 18.4 Å². The van der Waals surface area contributed by atoms with Crippen LogP contribution in [0.15, 0.2) is 11.2 Å². The average molecular weight is 357 g/mol. The lowest BCUT2D eigenvalue weighted by molar-refractivity contribution is 0.290. The first-order chi connectivity index (χ1) is 8.46. The van der Waals surface area contributed by atoms with Gasteiger partial charge in [0.2, 0.25) is 0 Å². The molecule has 0 spiro atoms. The molecule has 0 aromatic carbocycles. The molecule has 18 heavy (non-hydrogen) atoms. The van der Waals surface area contributed by atoms with Crippen LogP contribution >= 0.6 is 27.5 Å². The molecule has 1 aromatic heterocycles. The van der Waals surface area contributed by atoms with E-state index in [4.69, 9.17) is 11.6 Å². The van der Waals surface area contributed by atoms with Crippen molar-refractivity contribution >= 4 is 37.6 Å². The molecule has 1 aliphatic heterocycles. The quantitative estimate of drug-likeness (QED) is 0.777. The van der Waals surface area contributed by atoms with E-state index in [1.54, 1.807) is 7.05 Å². The van der Waals surface area contributed by atoms with Gasteiger partial charge < -0.3 is 0 Å². The second-order valence-corrected chi connectivity index (χ2v) is 7.33. The molecular formula is C10H15BrClN3O2S. The molecule has 102 valence electrons. The fourth-order valence-corrected chi connectivity index (χ4v) is 4.84. The minimum absolute atomic E-state index is 0.0847. The molecule has 0 radical (unpaired) electrons. The third-order valence-corrected chi connectivity index (χ3v) is 6.54. The smallest absolute Gasteiger partial charge is 0.255 e. The number of alkyl halides is 1. The molecule has 0 unspecified atom stereocenters. The maximum absolute atomic E-state index is 12.5. The number of nitrogens with zero attached hydrogens (tertiary/aromatic N) is 3. The Morgan fingerprint density at radius 3 is 2.56 bits per heavy atom. The molecule has 0 amide bonds. The third kappa shape index (κ3) is 2.59. The number of hydrogen-bond acceptors (Lipinski definition) is 3. The van der Waals surface area contributed by atoms with Gasteiger partial charge in [0.15, 0.2) is 5.03 Å². The Labute approximate surface area is 120 Å². The Kier molecular flexibility index (Phi) is 4.36. The molecule has 0 aliphatic carbocycles. The predicted molar refractivity (Wildman–Crippen MR) is 73.5 cm³/mol. The number of halogens is 2. The van der Waals surface area contributed by atoms with E-state index in [1.807, 2.05) is 0 Å². The summed E-state index contributed by atoms with van der Waals surface area (Å²) in [6, 6.07) is 0. The number of rotatable bonds is 3. The van der Waals surface area contributed by atoms with Crippen molar-refractivity contribution in [3.8, 4) is 0 Å². The van der Waals surface area contributed by atoms with Crippen LogP contribution in [0.1, 0.15) is 12.8 Å². The van der Waals surface area contributed by atoms with E-state index in [-0.39, 0.29) is 10.0 Å². The molecule has 0 bridgehead atoms. The largest absolute Gasteiger partial charge is 0.261 e. The molecule has 1 aliphatic rings. The van der Waals surface area contributed by atoms with Gasteiger partial charge in [-0.05, 0) is 18.8 Å². The molecule has 1 aromatic rings. The average Bonchev–Trinajstić information content (AvgIpc) is 2.69. The van der Waals surface area contributed by atoms with Gasteiger partial charge in [0.1, 0.15) is 0 Å². The molecular weight excluding hydrogens is 342 g/mol. The van der Waals surface area contributed by atoms with Crippen LogP contribution in [0.25, 0.3) is 0 Å². The topological polar surface area (TPSA) is 55.2 Å². The maximum Gasteiger partial charge on any atom is 0.261 e. The van der Waals surface area contributed by atoms with E-state index in [0.29, 0.717) is 19.0 Å². The SMILES string of the molecule is Cn1ncc(Cl)c1S(=O)(=O)N1CCC(CBr)CC1. The molecule has 2 heterocycles. The Balaban J connectivity index is 2.23. The molecule has 5 nitrogen and oxygen atoms in total. The van der Waals surface area contributed by atoms with Crippen molar-refractivity contribution in [1.82, 2.24) is 14.1 Å². The van der Waals surface area contributed by atoms with Crippen LogP contribution in [-0.2, 0) is 17.1 Å². The Bertz CT molecular complexity index is 504. The van der Waals surface area contributed by atoms with Gasteiger partial charge in [-0.25, -0.2) is 8.42 Å². The van der Waals surface area contributed by atoms with E-state index >= 15 is 0 Å². The van der Waals surface area contributed by atoms with Crippen LogP contribution in [-0.4, -0.2) is 40.9 Å². The van der Waals surface area contributed by atoms with Crippen molar-refractivity contribution in [2.24, 2.45) is 13.0 Å². The molecule has 2 rings (SSSR count). The lowest BCUT2D eigenvalue weighted by atomic mass is 10.0. The summed E-state index contributed by atoms with van der Waals surface area (Å²) in [5.41, 5.74) is 0. The van der Waals surface area contributed by atoms with Gasteiger partial charge in [0, 0.05) is 25.5 Å². The zero-order chi connectivity index (χ0) is 13.3. The summed E-state index contributed by atoms with van der Waals surface area (Å²) in [6.45, 7) is 1.08. The number of aryl methyl sites for hydroxylation is 1. The number of hydrogen-bond donors (Lipinski definition) is 0. The summed E-state index contributed by atoms with van der Waals surface area (Å²) in [5, 5.41) is 5.07. The maximum atomic E-state index is 12.5. The number of sulfonamides is 1. The van der Waals surface area contributed by atoms with Gasteiger partial charge in [0.25, 0.3) is 10.0 Å². The van der Waals surface area contributed by atoms with Crippen LogP contribution in [0, 0.1) is 5.92 Å². The lowest BCUT2D eigenvalue weighted by Crippen LogP contribution is -2.39. The van der Waals surface area contributed by atoms with Crippen LogP contribution in [0.3, 0.4) is 0 Å². The standard InChI is InChI=1S/C10H15BrClN3O2S/c1-14-10(9(12)7-13-14)18(16,17)15-4-2-8(6-11)3-5-15/h7-8H,2-6H2,1H3. The van der Waals surface area contributed by atoms with Crippen molar-refractivity contribution < 1.29 is 8.42 Å². The van der Waals surface area contributed by atoms with Gasteiger partial charge in [-0.3, -0.25) is 4.68 Å². The number of piperidine rings is 1. The minimum Gasteiger partial charge on any atom is -0.255 e. The van der Waals surface area contributed by atoms with E-state index in [0.717, 1.165) is 18.2 Å². The van der Waals surface area contributed by atoms with Crippen molar-refractivity contribution in [3.63, 3.8) is 0 Å². The first-order valence-electron chi connectivity index (χ1n) is 5.70. The van der Waals surface area contributed by atoms with Gasteiger partial charge in [-0.1, -0.05) is 27.5 Å². The summed E-state index contributed by atoms with van der Waals surface area (Å²) in [6.07, 6.45) is 3.11. The van der Waals surface area contributed by atoms with Gasteiger partial charge in [-0.15, -0.1) is 0 Å². The monoisotopic (exact) mass is 355 g/mol. The van der Waals surface area contributed by atoms with Crippen LogP contribution < -0.4 is 0 Å². The molecule has 0 atom stereocenters. The first-order valence-corrected chi connectivity index (χ1v) is 8.64. The van der Waals surface area contributed by atoms with E-state index in [9.17, 15) is 8.42 Å². The van der Waals surface area contributed by atoms with Gasteiger partial charge in [0.05, 0.1) is 11.2 Å². The lowest BCUT2D eigenvalue weighted by Gasteiger charge is -2.30. The summed E-state index contributed by atoms with van der Waals surface area (Å²) >= 11 is 9.35. The van der Waals surface area contributed by atoms with Crippen molar-refractivity contribution in [3.05, 3.63) is 11.2 Å². The van der Waals surface area contributed by atoms with Gasteiger partial charge in [-0.2, -0.15) is 9.40 Å². The highest BCUT2D eigenvalue weighted by Gasteiger charge is 2.32. The third-order valence-electron chi connectivity index (χ3n) is 3.22. The highest BCUT2D eigenvalue weighted by Crippen LogP contribution is 2.28. The Morgan fingerprint density at radius 2 is 2.11 bits per heavy atom. The summed E-state index contributed by atoms with van der Waals surface area (Å²) < 4.78 is 27.7. The van der Waals surface area contributed by atoms with Gasteiger partial charge >= 0.3 is 0 Å². The summed E-state index contributed by atoms with van der Waals surface area (Å²) in [5.74, 6) is 0.554. The van der Waals surface area contributed by atoms with E-state index < -0.39 is 10.0 Å². The van der Waals surface area contributed by atoms with Crippen LogP contribution in [0.4, 0.5) is 0 Å². The molecule has 1 saturated heterocycles. The number of aromatic nitrogens is 2. The highest BCUT2D eigenvalue weighted by molar-refractivity contribution is 9.09. The predicted octanol–water partition coefficient (Wildman–Crippen LogP) is 1.87. The highest BCUT2D eigenvalue weighted by atomic mass is 79.9. The molecule has 8 heteroatoms. The normalized spacial score (nSPS) is 19.3. The summed E-state index contributed by atoms with van der Waals surface area (Å²) in [4.78, 5) is 0. The van der Waals surface area contributed by atoms with Crippen LogP contribution in [0.5, 0.6) is 0 Å². The molecule has 1 fully saturated rings. The minimum atomic E-state index is -3.53. The Hall–Kier alpha value is -0.110. The fourth-order valence-electron chi connectivity index (χ4n) is 2.12. The Morgan fingerprint density at radius 1 is 1.50 bits per heavy atom. The van der Waals surface area contributed by atoms with E-state index in [1.165, 1.54) is 15.2 Å². The van der Waals surface area contributed by atoms with Crippen molar-refractivity contribution in [2.45, 2.75) is 17.9 Å². The zero-order valence-electron chi connectivity index (χ0n) is 10.0. The first kappa shape index (κ1) is 14.3. The molecule has 0 N–H and O–H groups in total. The second-order valence-electron chi connectivity index (χ2n) is 4.42. The zero-order valence-corrected chi connectivity index (χ0v) is 13.2. The summed E-state index contributed by atoms with van der Waals surface area (Å²) in [7, 11) is -1.94. The second kappa shape index (κ2) is 5.48. The van der Waals surface area contributed by atoms with Crippen molar-refractivity contribution in [1.29, 1.82) is 0 Å². The molecule has 0 saturated carbocycles. The van der Waals surface area contributed by atoms with E-state index in [2.05, 4.69) is 21.0 Å². The van der Waals surface area contributed by atoms with Crippen LogP contribution in [0.2, 0.25) is 5.02 Å². The fraction of sp³-hybridized carbons (Fsp3) is 0.700.